The van der Waals surface area contributed by atoms with E-state index >= 15 is 0 Å². The molecule has 1 aromatic carbocycles. The van der Waals surface area contributed by atoms with Crippen molar-refractivity contribution < 1.29 is 17.6 Å². The van der Waals surface area contributed by atoms with Crippen LogP contribution >= 0.6 is 0 Å². The zero-order valence-electron chi connectivity index (χ0n) is 11.3. The zero-order valence-corrected chi connectivity index (χ0v) is 12.2. The first-order valence-electron chi connectivity index (χ1n) is 5.91. The smallest absolute Gasteiger partial charge is 0.243 e. The van der Waals surface area contributed by atoms with Gasteiger partial charge in [0.25, 0.3) is 0 Å². The predicted molar refractivity (Wildman–Crippen MR) is 76.4 cm³/mol. The molecule has 0 bridgehead atoms. The Bertz CT molecular complexity index is 601. The van der Waals surface area contributed by atoms with Gasteiger partial charge in [-0.1, -0.05) is 18.2 Å². The molecule has 1 amide bonds. The lowest BCUT2D eigenvalue weighted by Crippen LogP contribution is -2.48. The van der Waals surface area contributed by atoms with E-state index in [1.54, 1.807) is 0 Å². The highest BCUT2D eigenvalue weighted by Gasteiger charge is 2.30. The first-order chi connectivity index (χ1) is 9.29. The number of nitrogens with one attached hydrogen (secondary N) is 1. The summed E-state index contributed by atoms with van der Waals surface area (Å²) < 4.78 is 38.3. The summed E-state index contributed by atoms with van der Waals surface area (Å²) >= 11 is 0. The van der Waals surface area contributed by atoms with Gasteiger partial charge in [0.1, 0.15) is 11.9 Å². The average molecular weight is 300 g/mol. The third-order valence-electron chi connectivity index (χ3n) is 2.60. The Labute approximate surface area is 118 Å². The van der Waals surface area contributed by atoms with Crippen LogP contribution in [0.3, 0.4) is 0 Å². The summed E-state index contributed by atoms with van der Waals surface area (Å²) in [7, 11) is -3.80. The summed E-state index contributed by atoms with van der Waals surface area (Å²) in [5.41, 5.74) is -0.156. The second kappa shape index (κ2) is 6.51. The van der Waals surface area contributed by atoms with Crippen LogP contribution in [0.5, 0.6) is 0 Å². The Morgan fingerprint density at radius 2 is 2.10 bits per heavy atom. The average Bonchev–Trinajstić information content (AvgIpc) is 2.36. The number of carbonyl (C=O) groups excluding carboxylic acids is 1. The van der Waals surface area contributed by atoms with Gasteiger partial charge in [0.2, 0.25) is 15.9 Å². The minimum absolute atomic E-state index is 0.156. The second-order valence-corrected chi connectivity index (χ2v) is 6.08. The number of hydrogen-bond acceptors (Lipinski definition) is 3. The summed E-state index contributed by atoms with van der Waals surface area (Å²) in [6.45, 7) is 5.05. The van der Waals surface area contributed by atoms with Crippen molar-refractivity contribution in [3.8, 4) is 0 Å². The minimum atomic E-state index is -3.80. The third kappa shape index (κ3) is 3.80. The number of amides is 1. The molecule has 5 nitrogen and oxygen atoms in total. The summed E-state index contributed by atoms with van der Waals surface area (Å²) in [5, 5.41) is 2.49. The van der Waals surface area contributed by atoms with E-state index in [0.29, 0.717) is 0 Å². The Morgan fingerprint density at radius 1 is 1.50 bits per heavy atom. The molecule has 1 N–H and O–H groups in total. The molecule has 0 saturated carbocycles. The van der Waals surface area contributed by atoms with Crippen LogP contribution in [-0.4, -0.2) is 33.2 Å². The Kier molecular flexibility index (Phi) is 5.26. The molecular formula is C13H17FN2O3S. The Morgan fingerprint density at radius 3 is 2.60 bits per heavy atom. The molecule has 0 spiro atoms. The van der Waals surface area contributed by atoms with E-state index in [9.17, 15) is 17.6 Å². The van der Waals surface area contributed by atoms with Gasteiger partial charge in [0, 0.05) is 6.54 Å². The molecule has 0 saturated heterocycles. The molecule has 7 heteroatoms. The van der Waals surface area contributed by atoms with Gasteiger partial charge in [-0.2, -0.15) is 0 Å². The van der Waals surface area contributed by atoms with Gasteiger partial charge in [-0.15, -0.1) is 6.58 Å². The van der Waals surface area contributed by atoms with Gasteiger partial charge >= 0.3 is 0 Å². The first-order valence-corrected chi connectivity index (χ1v) is 7.76. The lowest BCUT2D eigenvalue weighted by molar-refractivity contribution is -0.121. The van der Waals surface area contributed by atoms with E-state index in [2.05, 4.69) is 11.9 Å². The standard InChI is InChI=1S/C13H17FN2O3S/c1-4-9-15-13(17)10(2)16(20(3,18)19)12-8-6-5-7-11(12)14/h4-8,10H,1,9H2,2-3H3,(H,15,17). The van der Waals surface area contributed by atoms with Crippen molar-refractivity contribution in [2.75, 3.05) is 17.1 Å². The topological polar surface area (TPSA) is 66.5 Å². The summed E-state index contributed by atoms with van der Waals surface area (Å²) in [6.07, 6.45) is 2.40. The number of benzene rings is 1. The van der Waals surface area contributed by atoms with E-state index < -0.39 is 27.8 Å². The molecule has 1 atom stereocenters. The monoisotopic (exact) mass is 300 g/mol. The number of sulfonamides is 1. The molecule has 0 aromatic heterocycles. The van der Waals surface area contributed by atoms with E-state index in [1.807, 2.05) is 0 Å². The van der Waals surface area contributed by atoms with E-state index in [0.717, 1.165) is 16.6 Å². The maximum atomic E-state index is 13.8. The summed E-state index contributed by atoms with van der Waals surface area (Å²) in [5.74, 6) is -1.24. The van der Waals surface area contributed by atoms with Crippen molar-refractivity contribution in [1.29, 1.82) is 0 Å². The van der Waals surface area contributed by atoms with Gasteiger partial charge < -0.3 is 5.32 Å². The second-order valence-electron chi connectivity index (χ2n) is 4.22. The molecular weight excluding hydrogens is 283 g/mol. The Balaban J connectivity index is 3.18. The fourth-order valence-corrected chi connectivity index (χ4v) is 2.91. The van der Waals surface area contributed by atoms with Gasteiger partial charge in [0.05, 0.1) is 11.9 Å². The zero-order chi connectivity index (χ0) is 15.3. The van der Waals surface area contributed by atoms with Crippen molar-refractivity contribution in [3.63, 3.8) is 0 Å². The molecule has 110 valence electrons. The molecule has 20 heavy (non-hydrogen) atoms. The van der Waals surface area contributed by atoms with Crippen LogP contribution in [0.25, 0.3) is 0 Å². The molecule has 1 unspecified atom stereocenters. The quantitative estimate of drug-likeness (QED) is 0.805. The first kappa shape index (κ1) is 16.2. The SMILES string of the molecule is C=CCNC(=O)C(C)N(c1ccccc1F)S(C)(=O)=O. The van der Waals surface area contributed by atoms with Crippen LogP contribution in [-0.2, 0) is 14.8 Å². The third-order valence-corrected chi connectivity index (χ3v) is 3.83. The number of halogens is 1. The van der Waals surface area contributed by atoms with Gasteiger partial charge in [0.15, 0.2) is 0 Å². The normalized spacial score (nSPS) is 12.6. The number of hydrogen-bond donors (Lipinski definition) is 1. The van der Waals surface area contributed by atoms with Gasteiger partial charge in [-0.05, 0) is 19.1 Å². The summed E-state index contributed by atoms with van der Waals surface area (Å²) in [4.78, 5) is 11.9. The van der Waals surface area contributed by atoms with Crippen LogP contribution in [0.4, 0.5) is 10.1 Å². The fourth-order valence-electron chi connectivity index (χ4n) is 1.73. The largest absolute Gasteiger partial charge is 0.351 e. The van der Waals surface area contributed by atoms with Gasteiger partial charge in [-0.3, -0.25) is 9.10 Å². The maximum Gasteiger partial charge on any atom is 0.243 e. The van der Waals surface area contributed by atoms with Crippen molar-refractivity contribution in [2.24, 2.45) is 0 Å². The Hall–Kier alpha value is -1.89. The highest BCUT2D eigenvalue weighted by Crippen LogP contribution is 2.23. The van der Waals surface area contributed by atoms with Crippen molar-refractivity contribution in [1.82, 2.24) is 5.32 Å². The molecule has 0 radical (unpaired) electrons. The van der Waals surface area contributed by atoms with Crippen molar-refractivity contribution >= 4 is 21.6 Å². The molecule has 1 aromatic rings. The molecule has 0 heterocycles. The van der Waals surface area contributed by atoms with E-state index in [1.165, 1.54) is 31.2 Å². The molecule has 1 rings (SSSR count). The summed E-state index contributed by atoms with van der Waals surface area (Å²) in [6, 6.07) is 4.34. The van der Waals surface area contributed by atoms with Crippen LogP contribution in [0, 0.1) is 5.82 Å². The van der Waals surface area contributed by atoms with Gasteiger partial charge in [-0.25, -0.2) is 12.8 Å². The lowest BCUT2D eigenvalue weighted by Gasteiger charge is -2.28. The fraction of sp³-hybridized carbons (Fsp3) is 0.308. The van der Waals surface area contributed by atoms with Crippen molar-refractivity contribution in [2.45, 2.75) is 13.0 Å². The number of para-hydroxylation sites is 1. The maximum absolute atomic E-state index is 13.8. The molecule has 0 aliphatic carbocycles. The number of anilines is 1. The highest BCUT2D eigenvalue weighted by molar-refractivity contribution is 7.92. The predicted octanol–water partition coefficient (Wildman–Crippen LogP) is 1.28. The van der Waals surface area contributed by atoms with E-state index in [-0.39, 0.29) is 12.2 Å². The lowest BCUT2D eigenvalue weighted by atomic mass is 10.2. The van der Waals surface area contributed by atoms with E-state index in [4.69, 9.17) is 0 Å². The number of rotatable bonds is 6. The molecule has 0 fully saturated rings. The molecule has 0 aliphatic rings. The number of carbonyl (C=O) groups is 1. The number of nitrogens with zero attached hydrogens (tertiary/aromatic N) is 1. The molecule has 0 aliphatic heterocycles. The van der Waals surface area contributed by atoms with Crippen LogP contribution in [0.2, 0.25) is 0 Å². The minimum Gasteiger partial charge on any atom is -0.351 e. The van der Waals surface area contributed by atoms with Crippen LogP contribution in [0.1, 0.15) is 6.92 Å². The highest BCUT2D eigenvalue weighted by atomic mass is 32.2. The van der Waals surface area contributed by atoms with Crippen LogP contribution in [0.15, 0.2) is 36.9 Å². The van der Waals surface area contributed by atoms with Crippen LogP contribution < -0.4 is 9.62 Å². The van der Waals surface area contributed by atoms with Crippen molar-refractivity contribution in [3.05, 3.63) is 42.7 Å².